The molecule has 0 saturated heterocycles. The van der Waals surface area contributed by atoms with Crippen LogP contribution in [-0.2, 0) is 0 Å². The highest BCUT2D eigenvalue weighted by molar-refractivity contribution is 6.05. The molecule has 2 heteroatoms. The van der Waals surface area contributed by atoms with Gasteiger partial charge in [0.2, 0.25) is 0 Å². The number of carbonyl (C=O) groups is 1. The molecule has 2 aromatic rings. The van der Waals surface area contributed by atoms with E-state index in [2.05, 4.69) is 0 Å². The van der Waals surface area contributed by atoms with Crippen LogP contribution in [-0.4, -0.2) is 5.78 Å². The molecule has 0 aromatic heterocycles. The maximum atomic E-state index is 12.4. The lowest BCUT2D eigenvalue weighted by Gasteiger charge is -2.10. The van der Waals surface area contributed by atoms with Gasteiger partial charge in [0.1, 0.15) is 0 Å². The summed E-state index contributed by atoms with van der Waals surface area (Å²) in [6.45, 7) is 0. The van der Waals surface area contributed by atoms with Gasteiger partial charge in [-0.05, 0) is 28.8 Å². The van der Waals surface area contributed by atoms with Crippen molar-refractivity contribution in [3.63, 3.8) is 0 Å². The van der Waals surface area contributed by atoms with Crippen LogP contribution in [0.2, 0.25) is 0 Å². The Morgan fingerprint density at radius 1 is 1.11 bits per heavy atom. The van der Waals surface area contributed by atoms with Crippen LogP contribution < -0.4 is 5.73 Å². The summed E-state index contributed by atoms with van der Waals surface area (Å²) in [6.07, 6.45) is 5.58. The van der Waals surface area contributed by atoms with Crippen LogP contribution in [0.1, 0.15) is 42.5 Å². The number of anilines is 1. The van der Waals surface area contributed by atoms with Crippen LogP contribution in [0, 0.1) is 5.92 Å². The number of ketones is 1. The second-order valence-electron chi connectivity index (χ2n) is 5.56. The molecule has 0 heterocycles. The third-order valence-electron chi connectivity index (χ3n) is 4.17. The van der Waals surface area contributed by atoms with Crippen molar-refractivity contribution in [3.8, 4) is 0 Å². The first-order valence-corrected chi connectivity index (χ1v) is 7.05. The van der Waals surface area contributed by atoms with Crippen LogP contribution in [0.25, 0.3) is 10.8 Å². The Morgan fingerprint density at radius 2 is 1.74 bits per heavy atom. The van der Waals surface area contributed by atoms with E-state index in [4.69, 9.17) is 5.73 Å². The molecule has 2 nitrogen and oxygen atoms in total. The molecule has 2 aromatic carbocycles. The molecule has 98 valence electrons. The molecule has 0 radical (unpaired) electrons. The zero-order chi connectivity index (χ0) is 13.2. The smallest absolute Gasteiger partial charge is 0.165 e. The molecule has 0 unspecified atom stereocenters. The average molecular weight is 253 g/mol. The number of Topliss-reactive ketones (excluding diaryl/α,β-unsaturated/α-hetero) is 1. The zero-order valence-corrected chi connectivity index (χ0v) is 11.1. The van der Waals surface area contributed by atoms with Crippen molar-refractivity contribution in [2.75, 3.05) is 5.73 Å². The quantitative estimate of drug-likeness (QED) is 0.658. The normalized spacial score (nSPS) is 16.0. The minimum absolute atomic E-state index is 0.204. The summed E-state index contributed by atoms with van der Waals surface area (Å²) < 4.78 is 0. The van der Waals surface area contributed by atoms with Crippen molar-refractivity contribution in [2.45, 2.75) is 32.1 Å². The predicted octanol–water partition coefficient (Wildman–Crippen LogP) is 4.19. The topological polar surface area (TPSA) is 43.1 Å². The maximum Gasteiger partial charge on any atom is 0.165 e. The Hall–Kier alpha value is -1.83. The van der Waals surface area contributed by atoms with Gasteiger partial charge in [0.25, 0.3) is 0 Å². The Morgan fingerprint density at radius 3 is 2.42 bits per heavy atom. The molecule has 0 amide bonds. The van der Waals surface area contributed by atoms with Crippen molar-refractivity contribution >= 4 is 22.2 Å². The summed E-state index contributed by atoms with van der Waals surface area (Å²) in [5, 5.41) is 2.18. The van der Waals surface area contributed by atoms with Gasteiger partial charge in [-0.25, -0.2) is 0 Å². The SMILES string of the molecule is Nc1cc2ccccc2cc1C(=O)CC1CCCC1. The third-order valence-corrected chi connectivity index (χ3v) is 4.17. The van der Waals surface area contributed by atoms with Gasteiger partial charge in [0.15, 0.2) is 5.78 Å². The molecular weight excluding hydrogens is 234 g/mol. The standard InChI is InChI=1S/C17H19NO/c18-16-11-14-8-4-3-7-13(14)10-15(16)17(19)9-12-5-1-2-6-12/h3-4,7-8,10-12H,1-2,5-6,9,18H2. The lowest BCUT2D eigenvalue weighted by Crippen LogP contribution is -2.08. The number of rotatable bonds is 3. The lowest BCUT2D eigenvalue weighted by atomic mass is 9.94. The van der Waals surface area contributed by atoms with Gasteiger partial charge >= 0.3 is 0 Å². The second-order valence-corrected chi connectivity index (χ2v) is 5.56. The first kappa shape index (κ1) is 12.2. The molecule has 19 heavy (non-hydrogen) atoms. The molecule has 1 saturated carbocycles. The number of hydrogen-bond acceptors (Lipinski definition) is 2. The Balaban J connectivity index is 1.90. The van der Waals surface area contributed by atoms with Crippen LogP contribution >= 0.6 is 0 Å². The number of benzene rings is 2. The van der Waals surface area contributed by atoms with E-state index >= 15 is 0 Å². The highest BCUT2D eigenvalue weighted by Gasteiger charge is 2.20. The van der Waals surface area contributed by atoms with Gasteiger partial charge in [-0.1, -0.05) is 49.9 Å². The van der Waals surface area contributed by atoms with Gasteiger partial charge in [0, 0.05) is 17.7 Å². The summed E-state index contributed by atoms with van der Waals surface area (Å²) in [4.78, 5) is 12.4. The molecular formula is C17H19NO. The van der Waals surface area contributed by atoms with Crippen LogP contribution in [0.5, 0.6) is 0 Å². The van der Waals surface area contributed by atoms with E-state index in [-0.39, 0.29) is 5.78 Å². The highest BCUT2D eigenvalue weighted by Crippen LogP contribution is 2.30. The number of nitrogen functional groups attached to an aromatic ring is 1. The fourth-order valence-corrected chi connectivity index (χ4v) is 3.09. The van der Waals surface area contributed by atoms with Gasteiger partial charge in [-0.2, -0.15) is 0 Å². The first-order valence-electron chi connectivity index (χ1n) is 7.05. The lowest BCUT2D eigenvalue weighted by molar-refractivity contribution is 0.0963. The van der Waals surface area contributed by atoms with Crippen LogP contribution in [0.3, 0.4) is 0 Å². The Kier molecular flexibility index (Phi) is 3.24. The van der Waals surface area contributed by atoms with Crippen molar-refractivity contribution in [3.05, 3.63) is 42.0 Å². The van der Waals surface area contributed by atoms with Gasteiger partial charge in [-0.3, -0.25) is 4.79 Å². The molecule has 1 fully saturated rings. The minimum atomic E-state index is 0.204. The number of carbonyl (C=O) groups excluding carboxylic acids is 1. The van der Waals surface area contributed by atoms with Crippen molar-refractivity contribution in [2.24, 2.45) is 5.92 Å². The molecule has 1 aliphatic rings. The third kappa shape index (κ3) is 2.48. The molecule has 0 aliphatic heterocycles. The van der Waals surface area contributed by atoms with E-state index in [1.807, 2.05) is 36.4 Å². The molecule has 3 rings (SSSR count). The van der Waals surface area contributed by atoms with E-state index in [1.165, 1.54) is 25.7 Å². The fourth-order valence-electron chi connectivity index (χ4n) is 3.09. The van der Waals surface area contributed by atoms with Gasteiger partial charge in [-0.15, -0.1) is 0 Å². The van der Waals surface area contributed by atoms with E-state index in [9.17, 15) is 4.79 Å². The summed E-state index contributed by atoms with van der Waals surface area (Å²) in [6, 6.07) is 11.9. The highest BCUT2D eigenvalue weighted by atomic mass is 16.1. The monoisotopic (exact) mass is 253 g/mol. The number of hydrogen-bond donors (Lipinski definition) is 1. The van der Waals surface area contributed by atoms with E-state index in [0.29, 0.717) is 23.6 Å². The minimum Gasteiger partial charge on any atom is -0.398 e. The van der Waals surface area contributed by atoms with Crippen LogP contribution in [0.15, 0.2) is 36.4 Å². The number of nitrogens with two attached hydrogens (primary N) is 1. The predicted molar refractivity (Wildman–Crippen MR) is 79.3 cm³/mol. The molecule has 0 bridgehead atoms. The Bertz CT molecular complexity index is 612. The van der Waals surface area contributed by atoms with Crippen molar-refractivity contribution in [1.82, 2.24) is 0 Å². The van der Waals surface area contributed by atoms with E-state index < -0.39 is 0 Å². The van der Waals surface area contributed by atoms with Crippen molar-refractivity contribution < 1.29 is 4.79 Å². The number of fused-ring (bicyclic) bond motifs is 1. The average Bonchev–Trinajstić information content (AvgIpc) is 2.90. The van der Waals surface area contributed by atoms with Crippen molar-refractivity contribution in [1.29, 1.82) is 0 Å². The summed E-state index contributed by atoms with van der Waals surface area (Å²) >= 11 is 0. The van der Waals surface area contributed by atoms with Gasteiger partial charge < -0.3 is 5.73 Å². The van der Waals surface area contributed by atoms with Crippen LogP contribution in [0.4, 0.5) is 5.69 Å². The fraction of sp³-hybridized carbons (Fsp3) is 0.353. The molecule has 0 atom stereocenters. The second kappa shape index (κ2) is 5.04. The van der Waals surface area contributed by atoms with Gasteiger partial charge in [0.05, 0.1) is 0 Å². The summed E-state index contributed by atoms with van der Waals surface area (Å²) in [5.74, 6) is 0.772. The molecule has 0 spiro atoms. The summed E-state index contributed by atoms with van der Waals surface area (Å²) in [5.41, 5.74) is 7.35. The summed E-state index contributed by atoms with van der Waals surface area (Å²) in [7, 11) is 0. The van der Waals surface area contributed by atoms with E-state index in [1.54, 1.807) is 0 Å². The van der Waals surface area contributed by atoms with E-state index in [0.717, 1.165) is 10.8 Å². The molecule has 1 aliphatic carbocycles. The zero-order valence-electron chi connectivity index (χ0n) is 11.1. The largest absolute Gasteiger partial charge is 0.398 e. The molecule has 2 N–H and O–H groups in total. The maximum absolute atomic E-state index is 12.4. The first-order chi connectivity index (χ1) is 9.24. The Labute approximate surface area is 113 Å².